The molecule has 0 radical (unpaired) electrons. The normalized spacial score (nSPS) is 11.4. The monoisotopic (exact) mass is 394 g/mol. The zero-order valence-electron chi connectivity index (χ0n) is 15.1. The van der Waals surface area contributed by atoms with Gasteiger partial charge in [0.15, 0.2) is 5.11 Å². The first kappa shape index (κ1) is 19.4. The largest absolute Gasteiger partial charge is 0.356 e. The Balaban J connectivity index is 1.54. The molecule has 0 aliphatic heterocycles. The van der Waals surface area contributed by atoms with Gasteiger partial charge in [-0.15, -0.1) is 0 Å². The Labute approximate surface area is 168 Å². The lowest BCUT2D eigenvalue weighted by Crippen LogP contribution is -2.30. The highest BCUT2D eigenvalue weighted by atomic mass is 32.1. The van der Waals surface area contributed by atoms with Crippen LogP contribution in [0.1, 0.15) is 28.9 Å². The minimum absolute atomic E-state index is 0.0699. The number of carbonyl (C=O) groups excluding carboxylic acids is 1. The van der Waals surface area contributed by atoms with E-state index in [1.165, 1.54) is 12.1 Å². The number of anilines is 2. The van der Waals surface area contributed by atoms with E-state index in [9.17, 15) is 9.18 Å². The second-order valence-electron chi connectivity index (χ2n) is 6.14. The number of pyridine rings is 1. The Morgan fingerprint density at radius 3 is 2.11 bits per heavy atom. The Hall–Kier alpha value is -3.32. The molecule has 3 rings (SSSR count). The maximum atomic E-state index is 13.0. The summed E-state index contributed by atoms with van der Waals surface area (Å²) in [6.07, 6.45) is 3.14. The number of amides is 1. The van der Waals surface area contributed by atoms with E-state index in [1.807, 2.05) is 19.1 Å². The maximum absolute atomic E-state index is 13.0. The van der Waals surface area contributed by atoms with Crippen molar-refractivity contribution in [2.24, 2.45) is 0 Å². The highest BCUT2D eigenvalue weighted by Crippen LogP contribution is 2.16. The Morgan fingerprint density at radius 2 is 1.50 bits per heavy atom. The minimum Gasteiger partial charge on any atom is -0.356 e. The summed E-state index contributed by atoms with van der Waals surface area (Å²) in [7, 11) is 0. The molecule has 3 N–H and O–H groups in total. The van der Waals surface area contributed by atoms with E-state index < -0.39 is 0 Å². The molecular formula is C21H19FN4OS. The number of hydrogen-bond acceptors (Lipinski definition) is 3. The van der Waals surface area contributed by atoms with Crippen LogP contribution in [0.5, 0.6) is 0 Å². The van der Waals surface area contributed by atoms with E-state index in [0.717, 1.165) is 11.3 Å². The SMILES string of the molecule is CC(NC(=S)Nc1ccc(NC(=O)c2ccncc2)cc1)c1ccc(F)cc1. The first-order valence-electron chi connectivity index (χ1n) is 8.66. The number of rotatable bonds is 5. The molecule has 0 spiro atoms. The number of thiocarbonyl (C=S) groups is 1. The molecule has 2 aromatic carbocycles. The van der Waals surface area contributed by atoms with Gasteiger partial charge in [-0.1, -0.05) is 12.1 Å². The summed E-state index contributed by atoms with van der Waals surface area (Å²) in [4.78, 5) is 16.0. The van der Waals surface area contributed by atoms with Gasteiger partial charge >= 0.3 is 0 Å². The van der Waals surface area contributed by atoms with Crippen LogP contribution in [-0.2, 0) is 0 Å². The third kappa shape index (κ3) is 5.34. The molecule has 1 atom stereocenters. The lowest BCUT2D eigenvalue weighted by atomic mass is 10.1. The summed E-state index contributed by atoms with van der Waals surface area (Å²) >= 11 is 5.33. The van der Waals surface area contributed by atoms with Crippen LogP contribution in [0.15, 0.2) is 73.1 Å². The van der Waals surface area contributed by atoms with Crippen molar-refractivity contribution in [1.82, 2.24) is 10.3 Å². The number of nitrogens with one attached hydrogen (secondary N) is 3. The standard InChI is InChI=1S/C21H19FN4OS/c1-14(15-2-4-17(22)5-3-15)24-21(28)26-19-8-6-18(7-9-19)25-20(27)16-10-12-23-13-11-16/h2-14H,1H3,(H,25,27)(H2,24,26,28). The molecule has 0 fully saturated rings. The van der Waals surface area contributed by atoms with Crippen molar-refractivity contribution in [3.8, 4) is 0 Å². The summed E-state index contributed by atoms with van der Waals surface area (Å²) in [5.74, 6) is -0.471. The minimum atomic E-state index is -0.271. The van der Waals surface area contributed by atoms with E-state index in [1.54, 1.807) is 48.8 Å². The van der Waals surface area contributed by atoms with Crippen molar-refractivity contribution in [3.63, 3.8) is 0 Å². The molecule has 28 heavy (non-hydrogen) atoms. The van der Waals surface area contributed by atoms with Gasteiger partial charge in [0.2, 0.25) is 0 Å². The lowest BCUT2D eigenvalue weighted by molar-refractivity contribution is 0.102. The second kappa shape index (κ2) is 9.05. The van der Waals surface area contributed by atoms with E-state index in [4.69, 9.17) is 12.2 Å². The first-order chi connectivity index (χ1) is 13.5. The topological polar surface area (TPSA) is 66.0 Å². The van der Waals surface area contributed by atoms with E-state index in [2.05, 4.69) is 20.9 Å². The summed E-state index contributed by atoms with van der Waals surface area (Å²) in [6, 6.07) is 16.7. The predicted molar refractivity (Wildman–Crippen MR) is 113 cm³/mol. The number of aromatic nitrogens is 1. The lowest BCUT2D eigenvalue weighted by Gasteiger charge is -2.17. The fourth-order valence-corrected chi connectivity index (χ4v) is 2.84. The molecule has 5 nitrogen and oxygen atoms in total. The molecule has 3 aromatic rings. The van der Waals surface area contributed by atoms with E-state index >= 15 is 0 Å². The van der Waals surface area contributed by atoms with E-state index in [0.29, 0.717) is 16.4 Å². The van der Waals surface area contributed by atoms with Crippen LogP contribution in [0.25, 0.3) is 0 Å². The van der Waals surface area contributed by atoms with Gasteiger partial charge < -0.3 is 16.0 Å². The summed E-state index contributed by atoms with van der Waals surface area (Å²) < 4.78 is 13.0. The molecule has 0 saturated carbocycles. The fourth-order valence-electron chi connectivity index (χ4n) is 2.54. The average molecular weight is 394 g/mol. The van der Waals surface area contributed by atoms with Crippen LogP contribution in [0.2, 0.25) is 0 Å². The van der Waals surface area contributed by atoms with Crippen molar-refractivity contribution >= 4 is 34.6 Å². The van der Waals surface area contributed by atoms with Gasteiger partial charge in [-0.05, 0) is 73.2 Å². The number of benzene rings is 2. The van der Waals surface area contributed by atoms with Gasteiger partial charge in [0.05, 0.1) is 6.04 Å². The Bertz CT molecular complexity index is 946. The second-order valence-corrected chi connectivity index (χ2v) is 6.55. The highest BCUT2D eigenvalue weighted by Gasteiger charge is 2.08. The molecular weight excluding hydrogens is 375 g/mol. The smallest absolute Gasteiger partial charge is 0.255 e. The van der Waals surface area contributed by atoms with Gasteiger partial charge in [0.25, 0.3) is 5.91 Å². The zero-order valence-corrected chi connectivity index (χ0v) is 16.0. The van der Waals surface area contributed by atoms with Crippen LogP contribution in [0, 0.1) is 5.82 Å². The Morgan fingerprint density at radius 1 is 0.929 bits per heavy atom. The predicted octanol–water partition coefficient (Wildman–Crippen LogP) is 4.52. The molecule has 142 valence electrons. The number of carbonyl (C=O) groups is 1. The number of nitrogens with zero attached hydrogens (tertiary/aromatic N) is 1. The third-order valence-corrected chi connectivity index (χ3v) is 4.28. The number of halogens is 1. The van der Waals surface area contributed by atoms with Crippen LogP contribution in [-0.4, -0.2) is 16.0 Å². The van der Waals surface area contributed by atoms with Gasteiger partial charge in [-0.25, -0.2) is 4.39 Å². The number of hydrogen-bond donors (Lipinski definition) is 3. The molecule has 0 aliphatic carbocycles. The molecule has 1 heterocycles. The quantitative estimate of drug-likeness (QED) is 0.555. The van der Waals surface area contributed by atoms with Crippen LogP contribution >= 0.6 is 12.2 Å². The molecule has 0 bridgehead atoms. The summed E-state index contributed by atoms with van der Waals surface area (Å²) in [6.45, 7) is 1.94. The molecule has 1 aromatic heterocycles. The van der Waals surface area contributed by atoms with Gasteiger partial charge in [0.1, 0.15) is 5.82 Å². The fraction of sp³-hybridized carbons (Fsp3) is 0.0952. The molecule has 7 heteroatoms. The summed E-state index contributed by atoms with van der Waals surface area (Å²) in [5.41, 5.74) is 2.92. The molecule has 0 aliphatic rings. The van der Waals surface area contributed by atoms with E-state index in [-0.39, 0.29) is 17.8 Å². The van der Waals surface area contributed by atoms with Crippen molar-refractivity contribution < 1.29 is 9.18 Å². The van der Waals surface area contributed by atoms with Crippen molar-refractivity contribution in [3.05, 3.63) is 90.0 Å². The van der Waals surface area contributed by atoms with Gasteiger partial charge in [-0.2, -0.15) is 0 Å². The van der Waals surface area contributed by atoms with Crippen molar-refractivity contribution in [2.75, 3.05) is 10.6 Å². The van der Waals surface area contributed by atoms with Gasteiger partial charge in [-0.3, -0.25) is 9.78 Å². The molecule has 1 amide bonds. The van der Waals surface area contributed by atoms with Crippen LogP contribution in [0.4, 0.5) is 15.8 Å². The third-order valence-electron chi connectivity index (χ3n) is 4.06. The van der Waals surface area contributed by atoms with Crippen LogP contribution in [0.3, 0.4) is 0 Å². The van der Waals surface area contributed by atoms with Crippen molar-refractivity contribution in [1.29, 1.82) is 0 Å². The average Bonchev–Trinajstić information content (AvgIpc) is 2.70. The molecule has 1 unspecified atom stereocenters. The highest BCUT2D eigenvalue weighted by molar-refractivity contribution is 7.80. The zero-order chi connectivity index (χ0) is 19.9. The maximum Gasteiger partial charge on any atom is 0.255 e. The Kier molecular flexibility index (Phi) is 6.29. The van der Waals surface area contributed by atoms with Gasteiger partial charge in [0, 0.05) is 29.3 Å². The van der Waals surface area contributed by atoms with Crippen LogP contribution < -0.4 is 16.0 Å². The van der Waals surface area contributed by atoms with Crippen molar-refractivity contribution in [2.45, 2.75) is 13.0 Å². The molecule has 0 saturated heterocycles. The summed E-state index contributed by atoms with van der Waals surface area (Å²) in [5, 5.41) is 9.52. The first-order valence-corrected chi connectivity index (χ1v) is 9.06.